The van der Waals surface area contributed by atoms with E-state index in [-0.39, 0.29) is 0 Å². The van der Waals surface area contributed by atoms with Gasteiger partial charge < -0.3 is 10.2 Å². The molecule has 90 valence electrons. The normalized spacial score (nSPS) is 33.6. The molecule has 4 nitrogen and oxygen atoms in total. The Morgan fingerprint density at radius 3 is 1.50 bits per heavy atom. The van der Waals surface area contributed by atoms with Gasteiger partial charge in [-0.25, -0.2) is 0 Å². The predicted octanol–water partition coefficient (Wildman–Crippen LogP) is 2.30. The Balaban J connectivity index is 3.36. The summed E-state index contributed by atoms with van der Waals surface area (Å²) in [6, 6.07) is 0. The van der Waals surface area contributed by atoms with E-state index >= 15 is 0 Å². The van der Waals surface area contributed by atoms with Crippen LogP contribution in [0.25, 0.3) is 0 Å². The molecule has 0 fully saturated rings. The third-order valence-electron chi connectivity index (χ3n) is 4.04. The molecular weight excluding hydrogens is 208 g/mol. The van der Waals surface area contributed by atoms with E-state index in [0.717, 1.165) is 0 Å². The van der Waals surface area contributed by atoms with Crippen molar-refractivity contribution < 1.29 is 19.8 Å². The fourth-order valence-electron chi connectivity index (χ4n) is 2.81. The summed E-state index contributed by atoms with van der Waals surface area (Å²) in [6.45, 7) is 3.50. The van der Waals surface area contributed by atoms with Crippen LogP contribution in [0.15, 0.2) is 12.2 Å². The van der Waals surface area contributed by atoms with Gasteiger partial charge in [-0.15, -0.1) is 0 Å². The third kappa shape index (κ3) is 1.44. The first-order valence-electron chi connectivity index (χ1n) is 5.58. The SMILES string of the molecule is CCC1(C(=O)O)CC=CCC1(CC)C(=O)O. The summed E-state index contributed by atoms with van der Waals surface area (Å²) in [4.78, 5) is 23.0. The number of carboxylic acids is 2. The Morgan fingerprint density at radius 2 is 1.31 bits per heavy atom. The summed E-state index contributed by atoms with van der Waals surface area (Å²) in [5, 5.41) is 18.8. The van der Waals surface area contributed by atoms with Crippen LogP contribution in [-0.4, -0.2) is 22.2 Å². The molecule has 0 aromatic heterocycles. The van der Waals surface area contributed by atoms with Crippen LogP contribution in [0.4, 0.5) is 0 Å². The van der Waals surface area contributed by atoms with E-state index in [4.69, 9.17) is 0 Å². The molecule has 4 heteroatoms. The molecule has 0 saturated carbocycles. The molecule has 0 saturated heterocycles. The second-order valence-corrected chi connectivity index (χ2v) is 4.36. The third-order valence-corrected chi connectivity index (χ3v) is 4.04. The van der Waals surface area contributed by atoms with Gasteiger partial charge in [-0.2, -0.15) is 0 Å². The first-order chi connectivity index (χ1) is 7.47. The lowest BCUT2D eigenvalue weighted by atomic mass is 9.55. The zero-order valence-electron chi connectivity index (χ0n) is 9.69. The highest BCUT2D eigenvalue weighted by Gasteiger charge is 2.59. The minimum Gasteiger partial charge on any atom is -0.481 e. The maximum Gasteiger partial charge on any atom is 0.311 e. The highest BCUT2D eigenvalue weighted by atomic mass is 16.4. The smallest absolute Gasteiger partial charge is 0.311 e. The fraction of sp³-hybridized carbons (Fsp3) is 0.667. The maximum absolute atomic E-state index is 11.5. The average Bonchev–Trinajstić information content (AvgIpc) is 2.27. The zero-order valence-corrected chi connectivity index (χ0v) is 9.69. The van der Waals surface area contributed by atoms with Crippen molar-refractivity contribution in [3.05, 3.63) is 12.2 Å². The van der Waals surface area contributed by atoms with Gasteiger partial charge in [-0.05, 0) is 25.7 Å². The number of allylic oxidation sites excluding steroid dienone is 2. The van der Waals surface area contributed by atoms with Crippen LogP contribution < -0.4 is 0 Å². The Bertz CT molecular complexity index is 302. The van der Waals surface area contributed by atoms with Crippen LogP contribution in [0.5, 0.6) is 0 Å². The highest BCUT2D eigenvalue weighted by Crippen LogP contribution is 2.53. The van der Waals surface area contributed by atoms with E-state index < -0.39 is 22.8 Å². The number of aliphatic carboxylic acids is 2. The van der Waals surface area contributed by atoms with Crippen molar-refractivity contribution in [2.24, 2.45) is 10.8 Å². The van der Waals surface area contributed by atoms with E-state index in [1.165, 1.54) is 0 Å². The Morgan fingerprint density at radius 1 is 1.00 bits per heavy atom. The van der Waals surface area contributed by atoms with Crippen molar-refractivity contribution in [2.75, 3.05) is 0 Å². The monoisotopic (exact) mass is 226 g/mol. The Hall–Kier alpha value is -1.32. The molecule has 1 aliphatic carbocycles. The van der Waals surface area contributed by atoms with Gasteiger partial charge in [0, 0.05) is 0 Å². The van der Waals surface area contributed by atoms with Gasteiger partial charge in [-0.3, -0.25) is 9.59 Å². The molecule has 2 N–H and O–H groups in total. The number of carboxylic acid groups (broad SMARTS) is 2. The van der Waals surface area contributed by atoms with Crippen LogP contribution in [0.3, 0.4) is 0 Å². The summed E-state index contributed by atoms with van der Waals surface area (Å²) in [6.07, 6.45) is 4.86. The Kier molecular flexibility index (Phi) is 3.41. The van der Waals surface area contributed by atoms with Crippen molar-refractivity contribution in [2.45, 2.75) is 39.5 Å². The van der Waals surface area contributed by atoms with E-state index in [2.05, 4.69) is 0 Å². The summed E-state index contributed by atoms with van der Waals surface area (Å²) in [7, 11) is 0. The van der Waals surface area contributed by atoms with E-state index in [9.17, 15) is 19.8 Å². The summed E-state index contributed by atoms with van der Waals surface area (Å²) >= 11 is 0. The predicted molar refractivity (Wildman–Crippen MR) is 59.1 cm³/mol. The standard InChI is InChI=1S/C12H18O4/c1-3-11(9(13)14)7-5-6-8-12(11,4-2)10(15)16/h5-6H,3-4,7-8H2,1-2H3,(H,13,14)(H,15,16). The lowest BCUT2D eigenvalue weighted by Gasteiger charge is -2.45. The molecule has 16 heavy (non-hydrogen) atoms. The summed E-state index contributed by atoms with van der Waals surface area (Å²) < 4.78 is 0. The minimum absolute atomic E-state index is 0.305. The molecule has 2 atom stereocenters. The van der Waals surface area contributed by atoms with Gasteiger partial charge >= 0.3 is 11.9 Å². The number of rotatable bonds is 4. The van der Waals surface area contributed by atoms with Gasteiger partial charge in [0.05, 0.1) is 10.8 Å². The topological polar surface area (TPSA) is 74.6 Å². The van der Waals surface area contributed by atoms with Gasteiger partial charge in [0.25, 0.3) is 0 Å². The second kappa shape index (κ2) is 4.28. The van der Waals surface area contributed by atoms with Crippen molar-refractivity contribution in [1.29, 1.82) is 0 Å². The zero-order chi connectivity index (χ0) is 12.4. The molecule has 1 aliphatic rings. The maximum atomic E-state index is 11.5. The molecule has 0 bridgehead atoms. The van der Waals surface area contributed by atoms with Crippen molar-refractivity contribution in [3.63, 3.8) is 0 Å². The quantitative estimate of drug-likeness (QED) is 0.721. The number of carbonyl (C=O) groups is 2. The molecule has 2 unspecified atom stereocenters. The summed E-state index contributed by atoms with van der Waals surface area (Å²) in [5.41, 5.74) is -2.33. The van der Waals surface area contributed by atoms with Crippen LogP contribution in [-0.2, 0) is 9.59 Å². The molecular formula is C12H18O4. The molecule has 0 spiro atoms. The molecule has 1 rings (SSSR count). The van der Waals surface area contributed by atoms with Crippen LogP contribution in [0.2, 0.25) is 0 Å². The van der Waals surface area contributed by atoms with E-state index in [1.807, 2.05) is 0 Å². The molecule has 0 aromatic rings. The fourth-order valence-corrected chi connectivity index (χ4v) is 2.81. The molecule has 0 amide bonds. The minimum atomic E-state index is -1.16. The van der Waals surface area contributed by atoms with Crippen LogP contribution in [0.1, 0.15) is 39.5 Å². The van der Waals surface area contributed by atoms with Gasteiger partial charge in [0.2, 0.25) is 0 Å². The lowest BCUT2D eigenvalue weighted by molar-refractivity contribution is -0.176. The Labute approximate surface area is 95.0 Å². The van der Waals surface area contributed by atoms with Gasteiger partial charge in [-0.1, -0.05) is 26.0 Å². The molecule has 0 radical (unpaired) electrons. The number of hydrogen-bond acceptors (Lipinski definition) is 2. The van der Waals surface area contributed by atoms with E-state index in [0.29, 0.717) is 25.7 Å². The largest absolute Gasteiger partial charge is 0.481 e. The van der Waals surface area contributed by atoms with Crippen LogP contribution >= 0.6 is 0 Å². The van der Waals surface area contributed by atoms with E-state index in [1.54, 1.807) is 26.0 Å². The van der Waals surface area contributed by atoms with Crippen LogP contribution in [0, 0.1) is 10.8 Å². The highest BCUT2D eigenvalue weighted by molar-refractivity contribution is 5.87. The lowest BCUT2D eigenvalue weighted by Crippen LogP contribution is -2.52. The van der Waals surface area contributed by atoms with Gasteiger partial charge in [0.15, 0.2) is 0 Å². The van der Waals surface area contributed by atoms with Crippen molar-refractivity contribution in [3.8, 4) is 0 Å². The summed E-state index contributed by atoms with van der Waals surface area (Å²) in [5.74, 6) is -1.99. The van der Waals surface area contributed by atoms with Gasteiger partial charge in [0.1, 0.15) is 0 Å². The first kappa shape index (κ1) is 12.7. The van der Waals surface area contributed by atoms with Crippen molar-refractivity contribution >= 4 is 11.9 Å². The molecule has 0 aliphatic heterocycles. The van der Waals surface area contributed by atoms with Crippen molar-refractivity contribution in [1.82, 2.24) is 0 Å². The number of hydrogen-bond donors (Lipinski definition) is 2. The molecule has 0 heterocycles. The second-order valence-electron chi connectivity index (χ2n) is 4.36. The first-order valence-corrected chi connectivity index (χ1v) is 5.58. The molecule has 0 aromatic carbocycles. The average molecular weight is 226 g/mol.